The molecule has 2 rings (SSSR count). The molecule has 0 aliphatic carbocycles. The van der Waals surface area contributed by atoms with Crippen molar-refractivity contribution in [3.63, 3.8) is 0 Å². The number of esters is 1. The number of nitrogens with one attached hydrogen (secondary N) is 1. The second-order valence-corrected chi connectivity index (χ2v) is 6.53. The van der Waals surface area contributed by atoms with E-state index in [2.05, 4.69) is 5.32 Å². The molecule has 1 aliphatic heterocycles. The predicted molar refractivity (Wildman–Crippen MR) is 97.2 cm³/mol. The molecule has 0 unspecified atom stereocenters. The standard InChI is InChI=1S/C18H23ClN2O5/c1-12(18(24)20-14-10-13(19)7-8-15(14)25-2)26-17(23)11-21-9-5-3-4-6-16(21)22/h7-8,10,12H,3-6,9,11H2,1-2H3,(H,20,24)/t12-/m0/s1. The molecule has 1 heterocycles. The van der Waals surface area contributed by atoms with Crippen LogP contribution in [0.2, 0.25) is 5.02 Å². The highest BCUT2D eigenvalue weighted by atomic mass is 35.5. The highest BCUT2D eigenvalue weighted by molar-refractivity contribution is 6.31. The first-order valence-electron chi connectivity index (χ1n) is 8.52. The number of carbonyl (C=O) groups is 3. The summed E-state index contributed by atoms with van der Waals surface area (Å²) in [7, 11) is 1.47. The van der Waals surface area contributed by atoms with Crippen LogP contribution in [0.1, 0.15) is 32.6 Å². The smallest absolute Gasteiger partial charge is 0.326 e. The lowest BCUT2D eigenvalue weighted by Gasteiger charge is -2.21. The zero-order valence-electron chi connectivity index (χ0n) is 14.9. The maximum Gasteiger partial charge on any atom is 0.326 e. The van der Waals surface area contributed by atoms with Crippen LogP contribution in [0.15, 0.2) is 18.2 Å². The molecule has 0 bridgehead atoms. The van der Waals surface area contributed by atoms with Crippen molar-refractivity contribution < 1.29 is 23.9 Å². The Hall–Kier alpha value is -2.28. The summed E-state index contributed by atoms with van der Waals surface area (Å²) in [5.74, 6) is -0.737. The van der Waals surface area contributed by atoms with Crippen LogP contribution in [0.5, 0.6) is 5.75 Å². The van der Waals surface area contributed by atoms with Gasteiger partial charge in [0.1, 0.15) is 12.3 Å². The van der Waals surface area contributed by atoms with Gasteiger partial charge >= 0.3 is 5.97 Å². The van der Waals surface area contributed by atoms with Crippen LogP contribution in [0, 0.1) is 0 Å². The summed E-state index contributed by atoms with van der Waals surface area (Å²) in [6.45, 7) is 1.86. The summed E-state index contributed by atoms with van der Waals surface area (Å²) in [6, 6.07) is 4.81. The van der Waals surface area contributed by atoms with Gasteiger partial charge in [0.25, 0.3) is 5.91 Å². The van der Waals surface area contributed by atoms with Gasteiger partial charge in [-0.05, 0) is 38.0 Å². The van der Waals surface area contributed by atoms with Crippen LogP contribution in [0.3, 0.4) is 0 Å². The Morgan fingerprint density at radius 1 is 1.31 bits per heavy atom. The number of ether oxygens (including phenoxy) is 2. The molecule has 1 aromatic rings. The number of amides is 2. The normalized spacial score (nSPS) is 15.8. The Morgan fingerprint density at radius 2 is 2.08 bits per heavy atom. The Labute approximate surface area is 157 Å². The SMILES string of the molecule is COc1ccc(Cl)cc1NC(=O)[C@H](C)OC(=O)CN1CCCCCC1=O. The van der Waals surface area contributed by atoms with Crippen LogP contribution in [-0.2, 0) is 19.1 Å². The quantitative estimate of drug-likeness (QED) is 0.764. The van der Waals surface area contributed by atoms with E-state index in [1.807, 2.05) is 0 Å². The van der Waals surface area contributed by atoms with E-state index in [1.54, 1.807) is 18.2 Å². The zero-order valence-corrected chi connectivity index (χ0v) is 15.7. The first-order chi connectivity index (χ1) is 12.4. The molecule has 0 spiro atoms. The van der Waals surface area contributed by atoms with Crippen molar-refractivity contribution in [3.05, 3.63) is 23.2 Å². The van der Waals surface area contributed by atoms with Gasteiger partial charge in [0.05, 0.1) is 12.8 Å². The third kappa shape index (κ3) is 5.62. The molecule has 1 aromatic carbocycles. The van der Waals surface area contributed by atoms with Gasteiger partial charge in [0.15, 0.2) is 6.10 Å². The number of methoxy groups -OCH3 is 1. The molecule has 1 aliphatic rings. The molecular formula is C18H23ClN2O5. The molecule has 142 valence electrons. The Bertz CT molecular complexity index is 680. The van der Waals surface area contributed by atoms with Gasteiger partial charge in [-0.2, -0.15) is 0 Å². The van der Waals surface area contributed by atoms with Crippen LogP contribution in [-0.4, -0.2) is 49.0 Å². The summed E-state index contributed by atoms with van der Waals surface area (Å²) < 4.78 is 10.3. The lowest BCUT2D eigenvalue weighted by Crippen LogP contribution is -2.38. The first-order valence-corrected chi connectivity index (χ1v) is 8.90. The molecule has 1 N–H and O–H groups in total. The summed E-state index contributed by atoms with van der Waals surface area (Å²) >= 11 is 5.93. The molecule has 8 heteroatoms. The molecule has 26 heavy (non-hydrogen) atoms. The van der Waals surface area contributed by atoms with E-state index in [9.17, 15) is 14.4 Å². The summed E-state index contributed by atoms with van der Waals surface area (Å²) in [4.78, 5) is 37.8. The molecule has 1 fully saturated rings. The lowest BCUT2D eigenvalue weighted by atomic mass is 10.2. The maximum atomic E-state index is 12.3. The number of halogens is 1. The van der Waals surface area contributed by atoms with Crippen LogP contribution in [0.4, 0.5) is 5.69 Å². The van der Waals surface area contributed by atoms with Crippen molar-refractivity contribution in [3.8, 4) is 5.75 Å². The average molecular weight is 383 g/mol. The Kier molecular flexibility index (Phi) is 7.26. The minimum atomic E-state index is -1.02. The van der Waals surface area contributed by atoms with Gasteiger partial charge < -0.3 is 19.7 Å². The van der Waals surface area contributed by atoms with E-state index in [-0.39, 0.29) is 12.5 Å². The van der Waals surface area contributed by atoms with Gasteiger partial charge in [-0.25, -0.2) is 0 Å². The highest BCUT2D eigenvalue weighted by Gasteiger charge is 2.23. The minimum absolute atomic E-state index is 0.0554. The van der Waals surface area contributed by atoms with Gasteiger partial charge in [0, 0.05) is 18.0 Å². The monoisotopic (exact) mass is 382 g/mol. The fourth-order valence-electron chi connectivity index (χ4n) is 2.66. The van der Waals surface area contributed by atoms with E-state index in [0.717, 1.165) is 19.3 Å². The fraction of sp³-hybridized carbons (Fsp3) is 0.500. The largest absolute Gasteiger partial charge is 0.495 e. The lowest BCUT2D eigenvalue weighted by molar-refractivity contribution is -0.156. The first kappa shape index (κ1) is 20.0. The van der Waals surface area contributed by atoms with Gasteiger partial charge in [-0.15, -0.1) is 0 Å². The molecule has 0 saturated carbocycles. The number of nitrogens with zero attached hydrogens (tertiary/aromatic N) is 1. The summed E-state index contributed by atoms with van der Waals surface area (Å²) in [5.41, 5.74) is 0.385. The number of carbonyl (C=O) groups excluding carboxylic acids is 3. The number of benzene rings is 1. The topological polar surface area (TPSA) is 84.9 Å². The third-order valence-corrected chi connectivity index (χ3v) is 4.32. The van der Waals surface area contributed by atoms with Crippen molar-refractivity contribution in [2.75, 3.05) is 25.5 Å². The number of hydrogen-bond donors (Lipinski definition) is 1. The van der Waals surface area contributed by atoms with Gasteiger partial charge in [-0.1, -0.05) is 18.0 Å². The van der Waals surface area contributed by atoms with Crippen molar-refractivity contribution in [2.45, 2.75) is 38.7 Å². The third-order valence-electron chi connectivity index (χ3n) is 4.09. The van der Waals surface area contributed by atoms with E-state index >= 15 is 0 Å². The number of anilines is 1. The number of rotatable bonds is 6. The second kappa shape index (κ2) is 9.43. The molecular weight excluding hydrogens is 360 g/mol. The highest BCUT2D eigenvalue weighted by Crippen LogP contribution is 2.27. The average Bonchev–Trinajstić information content (AvgIpc) is 2.79. The second-order valence-electron chi connectivity index (χ2n) is 6.09. The van der Waals surface area contributed by atoms with Gasteiger partial charge in [-0.3, -0.25) is 14.4 Å². The van der Waals surface area contributed by atoms with Crippen molar-refractivity contribution >= 4 is 35.1 Å². The Balaban J connectivity index is 1.91. The van der Waals surface area contributed by atoms with Crippen LogP contribution in [0.25, 0.3) is 0 Å². The maximum absolute atomic E-state index is 12.3. The molecule has 1 saturated heterocycles. The van der Waals surface area contributed by atoms with E-state index < -0.39 is 18.0 Å². The van der Waals surface area contributed by atoms with Crippen molar-refractivity contribution in [1.82, 2.24) is 4.90 Å². The van der Waals surface area contributed by atoms with Gasteiger partial charge in [0.2, 0.25) is 5.91 Å². The molecule has 0 radical (unpaired) electrons. The van der Waals surface area contributed by atoms with Crippen molar-refractivity contribution in [2.24, 2.45) is 0 Å². The predicted octanol–water partition coefficient (Wildman–Crippen LogP) is 2.62. The Morgan fingerprint density at radius 3 is 2.81 bits per heavy atom. The fourth-order valence-corrected chi connectivity index (χ4v) is 2.83. The van der Waals surface area contributed by atoms with E-state index in [1.165, 1.54) is 18.9 Å². The summed E-state index contributed by atoms with van der Waals surface area (Å²) in [6.07, 6.45) is 2.09. The van der Waals surface area contributed by atoms with Crippen LogP contribution >= 0.6 is 11.6 Å². The van der Waals surface area contributed by atoms with Crippen LogP contribution < -0.4 is 10.1 Å². The van der Waals surface area contributed by atoms with E-state index in [0.29, 0.717) is 29.4 Å². The molecule has 2 amide bonds. The molecule has 7 nitrogen and oxygen atoms in total. The minimum Gasteiger partial charge on any atom is -0.495 e. The summed E-state index contributed by atoms with van der Waals surface area (Å²) in [5, 5.41) is 3.06. The van der Waals surface area contributed by atoms with Crippen molar-refractivity contribution in [1.29, 1.82) is 0 Å². The van der Waals surface area contributed by atoms with E-state index in [4.69, 9.17) is 21.1 Å². The zero-order chi connectivity index (χ0) is 19.1. The molecule has 0 aromatic heterocycles. The molecule has 1 atom stereocenters. The number of likely N-dealkylation sites (tertiary alicyclic amines) is 1. The number of hydrogen-bond acceptors (Lipinski definition) is 5.